The third kappa shape index (κ3) is 4.16. The lowest BCUT2D eigenvalue weighted by molar-refractivity contribution is -0.118. The summed E-state index contributed by atoms with van der Waals surface area (Å²) in [5.41, 5.74) is 0.702. The number of thioether (sulfide) groups is 1. The molecule has 27 heavy (non-hydrogen) atoms. The largest absolute Gasteiger partial charge is 0.355 e. The van der Waals surface area contributed by atoms with E-state index in [2.05, 4.69) is 29.4 Å². The Balaban J connectivity index is 1.91. The van der Waals surface area contributed by atoms with Gasteiger partial charge in [-0.3, -0.25) is 18.6 Å². The molecule has 0 aliphatic rings. The van der Waals surface area contributed by atoms with Crippen molar-refractivity contribution < 1.29 is 4.79 Å². The van der Waals surface area contributed by atoms with Crippen LogP contribution in [0.25, 0.3) is 16.7 Å². The van der Waals surface area contributed by atoms with Crippen LogP contribution >= 0.6 is 11.8 Å². The van der Waals surface area contributed by atoms with Gasteiger partial charge in [0.15, 0.2) is 5.16 Å². The molecule has 7 nitrogen and oxygen atoms in total. The minimum atomic E-state index is -0.0599. The number of aromatic nitrogens is 4. The first-order valence-electron chi connectivity index (χ1n) is 9.29. The van der Waals surface area contributed by atoms with Crippen LogP contribution in [-0.4, -0.2) is 37.4 Å². The van der Waals surface area contributed by atoms with Crippen molar-refractivity contribution in [2.75, 3.05) is 12.3 Å². The first-order chi connectivity index (χ1) is 13.0. The van der Waals surface area contributed by atoms with Crippen molar-refractivity contribution >= 4 is 34.3 Å². The van der Waals surface area contributed by atoms with Gasteiger partial charge in [-0.05, 0) is 30.9 Å². The highest BCUT2D eigenvalue weighted by Gasteiger charge is 2.17. The number of hydrogen-bond donors (Lipinski definition) is 1. The number of fused-ring (bicyclic) bond motifs is 3. The van der Waals surface area contributed by atoms with Crippen molar-refractivity contribution in [3.05, 3.63) is 34.6 Å². The Bertz CT molecular complexity index is 1010. The van der Waals surface area contributed by atoms with E-state index in [1.54, 1.807) is 4.57 Å². The molecule has 3 rings (SSSR count). The molecule has 0 fully saturated rings. The number of carbonyl (C=O) groups excluding carboxylic acids is 1. The summed E-state index contributed by atoms with van der Waals surface area (Å²) >= 11 is 1.33. The fraction of sp³-hybridized carbons (Fsp3) is 0.474. The number of nitrogens with zero attached hydrogens (tertiary/aromatic N) is 4. The second-order valence-corrected chi connectivity index (χ2v) is 7.86. The number of benzene rings is 1. The number of nitrogens with one attached hydrogen (secondary N) is 1. The van der Waals surface area contributed by atoms with Gasteiger partial charge in [0, 0.05) is 13.1 Å². The average molecular weight is 388 g/mol. The molecule has 0 atom stereocenters. The molecule has 0 bridgehead atoms. The average Bonchev–Trinajstić information content (AvgIpc) is 3.07. The summed E-state index contributed by atoms with van der Waals surface area (Å²) in [6.45, 7) is 7.53. The van der Waals surface area contributed by atoms with Crippen molar-refractivity contribution in [1.29, 1.82) is 0 Å². The number of aryl methyl sites for hydroxylation is 1. The fourth-order valence-electron chi connectivity index (χ4n) is 2.93. The number of rotatable bonds is 8. The van der Waals surface area contributed by atoms with Crippen LogP contribution in [0.5, 0.6) is 0 Å². The van der Waals surface area contributed by atoms with Crippen molar-refractivity contribution in [3.63, 3.8) is 0 Å². The molecule has 0 radical (unpaired) electrons. The van der Waals surface area contributed by atoms with Crippen LogP contribution in [-0.2, 0) is 11.3 Å². The highest BCUT2D eigenvalue weighted by molar-refractivity contribution is 7.99. The van der Waals surface area contributed by atoms with E-state index in [1.807, 2.05) is 35.6 Å². The maximum atomic E-state index is 12.8. The lowest BCUT2D eigenvalue weighted by Crippen LogP contribution is -2.27. The Morgan fingerprint density at radius 2 is 2.04 bits per heavy atom. The molecule has 0 spiro atoms. The summed E-state index contributed by atoms with van der Waals surface area (Å²) in [4.78, 5) is 24.9. The van der Waals surface area contributed by atoms with E-state index in [-0.39, 0.29) is 17.2 Å². The molecule has 0 saturated carbocycles. The quantitative estimate of drug-likeness (QED) is 0.601. The van der Waals surface area contributed by atoms with Crippen LogP contribution < -0.4 is 10.9 Å². The Hall–Kier alpha value is -2.35. The summed E-state index contributed by atoms with van der Waals surface area (Å²) in [7, 11) is 0. The fourth-order valence-corrected chi connectivity index (χ4v) is 3.70. The molecule has 1 N–H and O–H groups in total. The molecular formula is C19H25N5O2S. The highest BCUT2D eigenvalue weighted by Crippen LogP contribution is 2.21. The van der Waals surface area contributed by atoms with Gasteiger partial charge < -0.3 is 5.32 Å². The van der Waals surface area contributed by atoms with E-state index >= 15 is 0 Å². The zero-order valence-corrected chi connectivity index (χ0v) is 16.8. The third-order valence-corrected chi connectivity index (χ3v) is 5.23. The molecule has 3 aromatic rings. The van der Waals surface area contributed by atoms with Crippen LogP contribution in [0.15, 0.2) is 34.2 Å². The van der Waals surface area contributed by atoms with Crippen molar-refractivity contribution in [1.82, 2.24) is 24.5 Å². The van der Waals surface area contributed by atoms with Crippen LogP contribution in [0.3, 0.4) is 0 Å². The molecule has 0 unspecified atom stereocenters. The molecule has 0 saturated heterocycles. The highest BCUT2D eigenvalue weighted by atomic mass is 32.2. The topological polar surface area (TPSA) is 81.3 Å². The maximum Gasteiger partial charge on any atom is 0.262 e. The van der Waals surface area contributed by atoms with Crippen molar-refractivity contribution in [2.24, 2.45) is 5.92 Å². The number of carbonyl (C=O) groups is 1. The number of hydrogen-bond acceptors (Lipinski definition) is 5. The summed E-state index contributed by atoms with van der Waals surface area (Å²) in [6.07, 6.45) is 1.78. The van der Waals surface area contributed by atoms with E-state index in [1.165, 1.54) is 11.8 Å². The summed E-state index contributed by atoms with van der Waals surface area (Å²) in [5.74, 6) is 1.31. The van der Waals surface area contributed by atoms with Gasteiger partial charge in [-0.15, -0.1) is 10.2 Å². The monoisotopic (exact) mass is 387 g/mol. The van der Waals surface area contributed by atoms with Gasteiger partial charge in [-0.2, -0.15) is 0 Å². The molecule has 8 heteroatoms. The second kappa shape index (κ2) is 8.56. The zero-order chi connectivity index (χ0) is 19.4. The van der Waals surface area contributed by atoms with Crippen LogP contribution in [0.4, 0.5) is 0 Å². The first-order valence-corrected chi connectivity index (χ1v) is 10.3. The lowest BCUT2D eigenvalue weighted by atomic mass is 10.1. The number of para-hydroxylation sites is 1. The van der Waals surface area contributed by atoms with E-state index in [4.69, 9.17) is 0 Å². The normalized spacial score (nSPS) is 11.6. The van der Waals surface area contributed by atoms with Gasteiger partial charge in [0.2, 0.25) is 11.7 Å². The molecule has 0 aliphatic carbocycles. The number of amides is 1. The zero-order valence-electron chi connectivity index (χ0n) is 15.9. The van der Waals surface area contributed by atoms with Gasteiger partial charge in [-0.1, -0.05) is 44.7 Å². The first kappa shape index (κ1) is 19.4. The molecule has 0 aliphatic heterocycles. The molecule has 1 amide bonds. The summed E-state index contributed by atoms with van der Waals surface area (Å²) in [6, 6.07) is 7.44. The van der Waals surface area contributed by atoms with Gasteiger partial charge in [0.25, 0.3) is 5.56 Å². The standard InChI is InChI=1S/C19H25N5O2S/c1-4-11-23-17(26)14-7-5-6-8-15(14)24-18(23)21-22-19(24)27-12-16(25)20-10-9-13(2)3/h5-8,13H,4,9-12H2,1-3H3,(H,20,25). The Morgan fingerprint density at radius 1 is 1.26 bits per heavy atom. The predicted octanol–water partition coefficient (Wildman–Crippen LogP) is 2.71. The minimum Gasteiger partial charge on any atom is -0.355 e. The van der Waals surface area contributed by atoms with Gasteiger partial charge in [0.1, 0.15) is 0 Å². The van der Waals surface area contributed by atoms with Crippen LogP contribution in [0.1, 0.15) is 33.6 Å². The van der Waals surface area contributed by atoms with Crippen molar-refractivity contribution in [2.45, 2.75) is 45.3 Å². The Morgan fingerprint density at radius 3 is 2.78 bits per heavy atom. The summed E-state index contributed by atoms with van der Waals surface area (Å²) in [5, 5.41) is 12.7. The van der Waals surface area contributed by atoms with E-state index in [0.717, 1.165) is 18.4 Å². The van der Waals surface area contributed by atoms with Gasteiger partial charge in [-0.25, -0.2) is 0 Å². The van der Waals surface area contributed by atoms with E-state index in [0.29, 0.717) is 35.3 Å². The van der Waals surface area contributed by atoms with Crippen LogP contribution in [0.2, 0.25) is 0 Å². The Labute approximate surface area is 162 Å². The lowest BCUT2D eigenvalue weighted by Gasteiger charge is -2.10. The molecular weight excluding hydrogens is 362 g/mol. The van der Waals surface area contributed by atoms with Crippen molar-refractivity contribution in [3.8, 4) is 0 Å². The van der Waals surface area contributed by atoms with Crippen LogP contribution in [0, 0.1) is 5.92 Å². The molecule has 144 valence electrons. The smallest absolute Gasteiger partial charge is 0.262 e. The summed E-state index contributed by atoms with van der Waals surface area (Å²) < 4.78 is 3.53. The minimum absolute atomic E-state index is 0.0245. The van der Waals surface area contributed by atoms with E-state index < -0.39 is 0 Å². The SMILES string of the molecule is CCCn1c(=O)c2ccccc2n2c(SCC(=O)NCCC(C)C)nnc12. The van der Waals surface area contributed by atoms with Gasteiger partial charge in [0.05, 0.1) is 16.7 Å². The van der Waals surface area contributed by atoms with Gasteiger partial charge >= 0.3 is 0 Å². The van der Waals surface area contributed by atoms with E-state index in [9.17, 15) is 9.59 Å². The predicted molar refractivity (Wildman–Crippen MR) is 108 cm³/mol. The Kier molecular flexibility index (Phi) is 6.15. The molecule has 2 aromatic heterocycles. The molecule has 1 aromatic carbocycles. The maximum absolute atomic E-state index is 12.8. The third-order valence-electron chi connectivity index (χ3n) is 4.30. The second-order valence-electron chi connectivity index (χ2n) is 6.91. The molecule has 2 heterocycles.